The van der Waals surface area contributed by atoms with Crippen LogP contribution in [0.5, 0.6) is 0 Å². The third-order valence-corrected chi connectivity index (χ3v) is 5.65. The number of aromatic amines is 1. The van der Waals surface area contributed by atoms with E-state index in [1.165, 1.54) is 10.1 Å². The lowest BCUT2D eigenvalue weighted by molar-refractivity contribution is 0.0935. The molecule has 2 aromatic heterocycles. The molecule has 1 atom stereocenters. The number of aryl methyl sites for hydroxylation is 1. The third kappa shape index (κ3) is 4.36. The minimum Gasteiger partial charge on any atom is -0.467 e. The highest BCUT2D eigenvalue weighted by Crippen LogP contribution is 2.19. The molecule has 0 saturated heterocycles. The molecule has 158 valence electrons. The second-order valence-corrected chi connectivity index (χ2v) is 7.89. The number of hydrogen-bond donors (Lipinski definition) is 2. The summed E-state index contributed by atoms with van der Waals surface area (Å²) in [5, 5.41) is 3.54. The summed E-state index contributed by atoms with van der Waals surface area (Å²) in [4.78, 5) is 28.9. The molecule has 0 aliphatic carbocycles. The van der Waals surface area contributed by atoms with Gasteiger partial charge in [-0.1, -0.05) is 36.8 Å². The zero-order chi connectivity index (χ0) is 22.0. The Kier molecular flexibility index (Phi) is 5.86. The van der Waals surface area contributed by atoms with E-state index in [4.69, 9.17) is 16.6 Å². The summed E-state index contributed by atoms with van der Waals surface area (Å²) in [5.74, 6) is 0.437. The Hall–Kier alpha value is -3.45. The molecule has 4 aromatic rings. The Balaban J connectivity index is 1.62. The second kappa shape index (κ2) is 8.73. The van der Waals surface area contributed by atoms with Crippen molar-refractivity contribution in [2.24, 2.45) is 0 Å². The number of carbonyl (C=O) groups excluding carboxylic acids is 1. The molecule has 0 radical (unpaired) electrons. The monoisotopic (exact) mass is 433 g/mol. The Labute approximate surface area is 184 Å². The normalized spacial score (nSPS) is 12.1. The van der Waals surface area contributed by atoms with E-state index < -0.39 is 0 Å². The van der Waals surface area contributed by atoms with Crippen LogP contribution in [0.1, 0.15) is 46.6 Å². The predicted molar refractivity (Wildman–Crippen MR) is 123 cm³/mol. The Morgan fingerprint density at radius 2 is 1.97 bits per heavy atom. The molecule has 0 unspecified atom stereocenters. The zero-order valence-corrected chi connectivity index (χ0v) is 18.2. The van der Waals surface area contributed by atoms with Crippen molar-refractivity contribution in [2.45, 2.75) is 32.9 Å². The molecular weight excluding hydrogens is 410 g/mol. The van der Waals surface area contributed by atoms with Gasteiger partial charge in [0.25, 0.3) is 11.5 Å². The van der Waals surface area contributed by atoms with Crippen LogP contribution in [-0.4, -0.2) is 15.5 Å². The predicted octanol–water partition coefficient (Wildman–Crippen LogP) is 4.89. The summed E-state index contributed by atoms with van der Waals surface area (Å²) in [7, 11) is 0. The highest BCUT2D eigenvalue weighted by atomic mass is 32.1. The van der Waals surface area contributed by atoms with E-state index in [1.54, 1.807) is 36.6 Å². The van der Waals surface area contributed by atoms with Crippen LogP contribution in [0.25, 0.3) is 10.9 Å². The van der Waals surface area contributed by atoms with E-state index >= 15 is 0 Å². The van der Waals surface area contributed by atoms with E-state index in [1.807, 2.05) is 38.1 Å². The van der Waals surface area contributed by atoms with Crippen LogP contribution >= 0.6 is 12.2 Å². The highest BCUT2D eigenvalue weighted by Gasteiger charge is 2.16. The van der Waals surface area contributed by atoms with E-state index in [0.29, 0.717) is 22.2 Å². The quantitative estimate of drug-likeness (QED) is 0.424. The third-order valence-electron chi connectivity index (χ3n) is 5.33. The van der Waals surface area contributed by atoms with Gasteiger partial charge < -0.3 is 14.7 Å². The fraction of sp³-hybridized carbons (Fsp3) is 0.208. The smallest absolute Gasteiger partial charge is 0.262 e. The van der Waals surface area contributed by atoms with E-state index in [9.17, 15) is 9.59 Å². The van der Waals surface area contributed by atoms with E-state index in [-0.39, 0.29) is 28.8 Å². The van der Waals surface area contributed by atoms with Crippen molar-refractivity contribution in [3.8, 4) is 0 Å². The molecule has 4 rings (SSSR count). The maximum Gasteiger partial charge on any atom is 0.262 e. The van der Waals surface area contributed by atoms with E-state index in [2.05, 4.69) is 10.3 Å². The minimum atomic E-state index is -0.229. The number of benzene rings is 2. The second-order valence-electron chi connectivity index (χ2n) is 7.51. The summed E-state index contributed by atoms with van der Waals surface area (Å²) < 4.78 is 7.05. The first-order valence-electron chi connectivity index (χ1n) is 10.1. The average molecular weight is 434 g/mol. The summed E-state index contributed by atoms with van der Waals surface area (Å²) >= 11 is 5.38. The van der Waals surface area contributed by atoms with Crippen LogP contribution in [0.15, 0.2) is 70.1 Å². The molecule has 2 aromatic carbocycles. The maximum atomic E-state index is 12.9. The maximum absolute atomic E-state index is 12.9. The topological polar surface area (TPSA) is 80.0 Å². The minimum absolute atomic E-state index is 0.0939. The molecule has 0 fully saturated rings. The number of nitrogens with one attached hydrogen (secondary N) is 2. The molecule has 7 heteroatoms. The van der Waals surface area contributed by atoms with Crippen LogP contribution in [-0.2, 0) is 6.54 Å². The number of fused-ring (bicyclic) bond motifs is 1. The Bertz CT molecular complexity index is 1340. The van der Waals surface area contributed by atoms with Crippen molar-refractivity contribution < 1.29 is 9.21 Å². The Morgan fingerprint density at radius 3 is 2.65 bits per heavy atom. The van der Waals surface area contributed by atoms with E-state index in [0.717, 1.165) is 12.0 Å². The van der Waals surface area contributed by atoms with Gasteiger partial charge in [0.15, 0.2) is 4.77 Å². The van der Waals surface area contributed by atoms with Gasteiger partial charge in [-0.3, -0.25) is 14.2 Å². The Morgan fingerprint density at radius 1 is 1.19 bits per heavy atom. The number of carbonyl (C=O) groups is 1. The summed E-state index contributed by atoms with van der Waals surface area (Å²) in [6.45, 7) is 4.31. The molecular formula is C24H23N3O3S. The number of furan rings is 1. The molecule has 2 heterocycles. The first-order chi connectivity index (χ1) is 15.0. The molecule has 0 aliphatic heterocycles. The first-order valence-corrected chi connectivity index (χ1v) is 10.5. The van der Waals surface area contributed by atoms with Crippen molar-refractivity contribution >= 4 is 29.0 Å². The molecule has 0 aliphatic rings. The van der Waals surface area contributed by atoms with Crippen molar-refractivity contribution in [3.63, 3.8) is 0 Å². The van der Waals surface area contributed by atoms with Crippen LogP contribution in [0.4, 0.5) is 0 Å². The van der Waals surface area contributed by atoms with Crippen molar-refractivity contribution in [1.29, 1.82) is 0 Å². The zero-order valence-electron chi connectivity index (χ0n) is 17.3. The van der Waals surface area contributed by atoms with Crippen LogP contribution < -0.4 is 10.9 Å². The van der Waals surface area contributed by atoms with Crippen molar-refractivity contribution in [3.05, 3.63) is 98.4 Å². The van der Waals surface area contributed by atoms with Gasteiger partial charge in [0, 0.05) is 5.56 Å². The summed E-state index contributed by atoms with van der Waals surface area (Å²) in [6.07, 6.45) is 2.32. The number of rotatable bonds is 6. The molecule has 0 spiro atoms. The molecule has 0 bridgehead atoms. The SMILES string of the molecule is CC[C@@H](NC(=O)c1ccc2c(=O)n(Cc3ccco3)c(=S)[nH]c2c1)c1ccc(C)cc1. The first kappa shape index (κ1) is 20.8. The van der Waals surface area contributed by atoms with Gasteiger partial charge in [0.2, 0.25) is 0 Å². The molecule has 6 nitrogen and oxygen atoms in total. The van der Waals surface area contributed by atoms with Gasteiger partial charge >= 0.3 is 0 Å². The fourth-order valence-corrected chi connectivity index (χ4v) is 3.82. The molecule has 2 N–H and O–H groups in total. The summed E-state index contributed by atoms with van der Waals surface area (Å²) in [5.41, 5.74) is 3.00. The van der Waals surface area contributed by atoms with Gasteiger partial charge in [-0.25, -0.2) is 0 Å². The summed E-state index contributed by atoms with van der Waals surface area (Å²) in [6, 6.07) is 16.6. The van der Waals surface area contributed by atoms with Crippen molar-refractivity contribution in [2.75, 3.05) is 0 Å². The lowest BCUT2D eigenvalue weighted by Gasteiger charge is -2.18. The lowest BCUT2D eigenvalue weighted by atomic mass is 10.0. The molecule has 31 heavy (non-hydrogen) atoms. The van der Waals surface area contributed by atoms with Gasteiger partial charge in [0.05, 0.1) is 29.8 Å². The van der Waals surface area contributed by atoms with Crippen LogP contribution in [0.3, 0.4) is 0 Å². The standard InChI is InChI=1S/C24H23N3O3S/c1-3-20(16-8-6-15(2)7-9-16)25-22(28)17-10-11-19-21(13-17)26-24(31)27(23(19)29)14-18-5-4-12-30-18/h4-13,20H,3,14H2,1-2H3,(H,25,28)(H,26,31)/t20-/m1/s1. The van der Waals surface area contributed by atoms with Crippen LogP contribution in [0, 0.1) is 11.7 Å². The van der Waals surface area contributed by atoms with Gasteiger partial charge in [-0.05, 0) is 61.5 Å². The molecule has 1 amide bonds. The number of aromatic nitrogens is 2. The number of hydrogen-bond acceptors (Lipinski definition) is 4. The largest absolute Gasteiger partial charge is 0.467 e. The number of amides is 1. The highest BCUT2D eigenvalue weighted by molar-refractivity contribution is 7.71. The van der Waals surface area contributed by atoms with Crippen molar-refractivity contribution in [1.82, 2.24) is 14.9 Å². The van der Waals surface area contributed by atoms with Gasteiger partial charge in [-0.2, -0.15) is 0 Å². The van der Waals surface area contributed by atoms with Crippen LogP contribution in [0.2, 0.25) is 0 Å². The average Bonchev–Trinajstić information content (AvgIpc) is 3.28. The molecule has 0 saturated carbocycles. The fourth-order valence-electron chi connectivity index (χ4n) is 3.56. The number of nitrogens with zero attached hydrogens (tertiary/aromatic N) is 1. The lowest BCUT2D eigenvalue weighted by Crippen LogP contribution is -2.28. The van der Waals surface area contributed by atoms with Gasteiger partial charge in [0.1, 0.15) is 5.76 Å². The number of H-pyrrole nitrogens is 1. The van der Waals surface area contributed by atoms with Gasteiger partial charge in [-0.15, -0.1) is 0 Å².